The molecule has 104 valence electrons. The van der Waals surface area contributed by atoms with Gasteiger partial charge in [0.15, 0.2) is 0 Å². The molecule has 3 N–H and O–H groups in total. The summed E-state index contributed by atoms with van der Waals surface area (Å²) in [4.78, 5) is 12.0. The van der Waals surface area contributed by atoms with Gasteiger partial charge in [-0.05, 0) is 37.6 Å². The second kappa shape index (κ2) is 6.54. The molecule has 0 aromatic heterocycles. The Hall–Kier alpha value is -1.59. The van der Waals surface area contributed by atoms with E-state index in [0.29, 0.717) is 19.8 Å². The molecule has 5 nitrogen and oxygen atoms in total. The zero-order chi connectivity index (χ0) is 13.7. The quantitative estimate of drug-likeness (QED) is 0.842. The van der Waals surface area contributed by atoms with E-state index in [4.69, 9.17) is 15.2 Å². The molecule has 19 heavy (non-hydrogen) atoms. The maximum Gasteiger partial charge on any atom is 0.230 e. The van der Waals surface area contributed by atoms with Crippen LogP contribution in [0.1, 0.15) is 13.3 Å². The topological polar surface area (TPSA) is 73.6 Å². The second-order valence-electron chi connectivity index (χ2n) is 4.62. The minimum atomic E-state index is -0.0619. The van der Waals surface area contributed by atoms with Gasteiger partial charge >= 0.3 is 0 Å². The van der Waals surface area contributed by atoms with E-state index in [1.807, 2.05) is 31.2 Å². The fraction of sp³-hybridized carbons (Fsp3) is 0.500. The number of carbonyl (C=O) groups excluding carboxylic acids is 1. The zero-order valence-corrected chi connectivity index (χ0v) is 11.1. The smallest absolute Gasteiger partial charge is 0.230 e. The third-order valence-corrected chi connectivity index (χ3v) is 3.22. The number of nitrogens with one attached hydrogen (secondary N) is 1. The number of rotatable bonds is 5. The van der Waals surface area contributed by atoms with Crippen LogP contribution in [0.3, 0.4) is 0 Å². The summed E-state index contributed by atoms with van der Waals surface area (Å²) in [7, 11) is 0. The van der Waals surface area contributed by atoms with Gasteiger partial charge in [0.05, 0.1) is 12.0 Å². The molecule has 1 aliphatic rings. The summed E-state index contributed by atoms with van der Waals surface area (Å²) >= 11 is 0. The van der Waals surface area contributed by atoms with Crippen molar-refractivity contribution < 1.29 is 14.3 Å². The number of hydrogen-bond acceptors (Lipinski definition) is 4. The normalized spacial score (nSPS) is 22.2. The maximum atomic E-state index is 12.0. The molecular weight excluding hydrogens is 244 g/mol. The van der Waals surface area contributed by atoms with Crippen LogP contribution in [0.4, 0.5) is 5.69 Å². The summed E-state index contributed by atoms with van der Waals surface area (Å²) in [6, 6.07) is 7.29. The number of hydrogen-bond donors (Lipinski definition) is 2. The molecule has 0 saturated carbocycles. The first-order chi connectivity index (χ1) is 9.20. The minimum absolute atomic E-state index is 0.00726. The lowest BCUT2D eigenvalue weighted by atomic mass is 10.0. The number of nitrogens with two attached hydrogens (primary N) is 1. The Balaban J connectivity index is 1.90. The third kappa shape index (κ3) is 3.68. The van der Waals surface area contributed by atoms with Crippen molar-refractivity contribution >= 4 is 11.6 Å². The minimum Gasteiger partial charge on any atom is -0.492 e. The van der Waals surface area contributed by atoms with Crippen molar-refractivity contribution in [3.63, 3.8) is 0 Å². The Bertz CT molecular complexity index is 419. The van der Waals surface area contributed by atoms with Crippen molar-refractivity contribution in [2.24, 2.45) is 11.7 Å². The van der Waals surface area contributed by atoms with Gasteiger partial charge in [0, 0.05) is 18.8 Å². The monoisotopic (exact) mass is 264 g/mol. The van der Waals surface area contributed by atoms with Gasteiger partial charge in [-0.3, -0.25) is 4.79 Å². The van der Waals surface area contributed by atoms with Gasteiger partial charge < -0.3 is 20.5 Å². The van der Waals surface area contributed by atoms with Gasteiger partial charge in [-0.25, -0.2) is 0 Å². The van der Waals surface area contributed by atoms with E-state index in [0.717, 1.165) is 17.9 Å². The highest BCUT2D eigenvalue weighted by Gasteiger charge is 2.30. The van der Waals surface area contributed by atoms with Crippen molar-refractivity contribution in [3.05, 3.63) is 24.3 Å². The zero-order valence-electron chi connectivity index (χ0n) is 11.1. The SMILES string of the molecule is CC1OCCC1C(=O)Nc1ccc(OCCN)cc1. The molecule has 0 radical (unpaired) electrons. The first kappa shape index (κ1) is 13.8. The fourth-order valence-electron chi connectivity index (χ4n) is 2.12. The Labute approximate surface area is 113 Å². The molecule has 2 rings (SSSR count). The van der Waals surface area contributed by atoms with Gasteiger partial charge in [-0.1, -0.05) is 0 Å². The van der Waals surface area contributed by atoms with Crippen LogP contribution < -0.4 is 15.8 Å². The van der Waals surface area contributed by atoms with E-state index in [2.05, 4.69) is 5.32 Å². The van der Waals surface area contributed by atoms with Crippen LogP contribution in [-0.4, -0.2) is 31.8 Å². The van der Waals surface area contributed by atoms with E-state index in [1.54, 1.807) is 0 Å². The van der Waals surface area contributed by atoms with Crippen LogP contribution in [0.5, 0.6) is 5.75 Å². The molecule has 1 aliphatic heterocycles. The van der Waals surface area contributed by atoms with Crippen molar-refractivity contribution in [1.29, 1.82) is 0 Å². The summed E-state index contributed by atoms with van der Waals surface area (Å²) in [5, 5.41) is 2.90. The second-order valence-corrected chi connectivity index (χ2v) is 4.62. The Morgan fingerprint density at radius 3 is 2.79 bits per heavy atom. The van der Waals surface area contributed by atoms with E-state index in [9.17, 15) is 4.79 Å². The molecule has 2 unspecified atom stereocenters. The number of carbonyl (C=O) groups is 1. The Morgan fingerprint density at radius 1 is 1.47 bits per heavy atom. The Kier molecular flexibility index (Phi) is 4.76. The van der Waals surface area contributed by atoms with Gasteiger partial charge in [0.2, 0.25) is 5.91 Å². The molecule has 1 fully saturated rings. The lowest BCUT2D eigenvalue weighted by molar-refractivity contribution is -0.121. The molecule has 1 aromatic rings. The molecule has 2 atom stereocenters. The van der Waals surface area contributed by atoms with Crippen molar-refractivity contribution in [2.75, 3.05) is 25.1 Å². The molecule has 1 aromatic carbocycles. The molecule has 1 amide bonds. The van der Waals surface area contributed by atoms with Gasteiger partial charge in [0.25, 0.3) is 0 Å². The van der Waals surface area contributed by atoms with Crippen LogP contribution in [0.15, 0.2) is 24.3 Å². The van der Waals surface area contributed by atoms with Crippen LogP contribution in [0.2, 0.25) is 0 Å². The predicted molar refractivity (Wildman–Crippen MR) is 73.1 cm³/mol. The summed E-state index contributed by atoms with van der Waals surface area (Å²) < 4.78 is 10.8. The van der Waals surface area contributed by atoms with Crippen LogP contribution in [0, 0.1) is 5.92 Å². The standard InChI is InChI=1S/C14H20N2O3/c1-10-13(6-8-18-10)14(17)16-11-2-4-12(5-3-11)19-9-7-15/h2-5,10,13H,6-9,15H2,1H3,(H,16,17). The lowest BCUT2D eigenvalue weighted by Gasteiger charge is -2.14. The molecular formula is C14H20N2O3. The summed E-state index contributed by atoms with van der Waals surface area (Å²) in [5.74, 6) is 0.704. The molecule has 0 aliphatic carbocycles. The van der Waals surface area contributed by atoms with Crippen molar-refractivity contribution in [1.82, 2.24) is 0 Å². The fourth-order valence-corrected chi connectivity index (χ4v) is 2.12. The number of amides is 1. The van der Waals surface area contributed by atoms with E-state index >= 15 is 0 Å². The Morgan fingerprint density at radius 2 is 2.21 bits per heavy atom. The average Bonchev–Trinajstić information content (AvgIpc) is 2.84. The summed E-state index contributed by atoms with van der Waals surface area (Å²) in [6.07, 6.45) is 0.775. The third-order valence-electron chi connectivity index (χ3n) is 3.22. The molecule has 0 bridgehead atoms. The van der Waals surface area contributed by atoms with Crippen LogP contribution in [-0.2, 0) is 9.53 Å². The van der Waals surface area contributed by atoms with Gasteiger partial charge in [0.1, 0.15) is 12.4 Å². The number of ether oxygens (including phenoxy) is 2. The first-order valence-electron chi connectivity index (χ1n) is 6.56. The van der Waals surface area contributed by atoms with Crippen molar-refractivity contribution in [2.45, 2.75) is 19.4 Å². The predicted octanol–water partition coefficient (Wildman–Crippen LogP) is 1.39. The molecule has 1 heterocycles. The number of benzene rings is 1. The highest BCUT2D eigenvalue weighted by Crippen LogP contribution is 2.23. The van der Waals surface area contributed by atoms with E-state index in [1.165, 1.54) is 0 Å². The van der Waals surface area contributed by atoms with E-state index < -0.39 is 0 Å². The van der Waals surface area contributed by atoms with Gasteiger partial charge in [-0.2, -0.15) is 0 Å². The number of anilines is 1. The average molecular weight is 264 g/mol. The molecule has 0 spiro atoms. The molecule has 1 saturated heterocycles. The van der Waals surface area contributed by atoms with Gasteiger partial charge in [-0.15, -0.1) is 0 Å². The molecule has 5 heteroatoms. The summed E-state index contributed by atoms with van der Waals surface area (Å²) in [5.41, 5.74) is 6.13. The van der Waals surface area contributed by atoms with Crippen LogP contribution in [0.25, 0.3) is 0 Å². The largest absolute Gasteiger partial charge is 0.492 e. The lowest BCUT2D eigenvalue weighted by Crippen LogP contribution is -2.27. The highest BCUT2D eigenvalue weighted by molar-refractivity contribution is 5.93. The van der Waals surface area contributed by atoms with Crippen LogP contribution >= 0.6 is 0 Å². The van der Waals surface area contributed by atoms with Crippen molar-refractivity contribution in [3.8, 4) is 5.75 Å². The van der Waals surface area contributed by atoms with E-state index in [-0.39, 0.29) is 17.9 Å². The summed E-state index contributed by atoms with van der Waals surface area (Å²) in [6.45, 7) is 3.56. The first-order valence-corrected chi connectivity index (χ1v) is 6.56. The highest BCUT2D eigenvalue weighted by atomic mass is 16.5. The maximum absolute atomic E-state index is 12.0.